The molecule has 0 rings (SSSR count). The second-order valence-corrected chi connectivity index (χ2v) is 6.59. The zero-order valence-corrected chi connectivity index (χ0v) is 17.8. The van der Waals surface area contributed by atoms with Crippen molar-refractivity contribution in [3.8, 4) is 0 Å². The Labute approximate surface area is 165 Å². The van der Waals surface area contributed by atoms with Crippen molar-refractivity contribution in [2.24, 2.45) is 0 Å². The molecule has 6 nitrogen and oxygen atoms in total. The standard InChI is InChI=1S/C21H40O6/c1-5-9-11-16-20(24-7-3)26-18(22)14-13-15-19(23)27-21(25-8-4)17-12-10-6-2/h20-21H,5-17H2,1-4H3. The molecule has 0 saturated heterocycles. The van der Waals surface area contributed by atoms with E-state index in [1.807, 2.05) is 13.8 Å². The summed E-state index contributed by atoms with van der Waals surface area (Å²) in [6, 6.07) is 0. The van der Waals surface area contributed by atoms with E-state index in [1.54, 1.807) is 0 Å². The maximum atomic E-state index is 12.0. The second kappa shape index (κ2) is 18.2. The van der Waals surface area contributed by atoms with E-state index in [2.05, 4.69) is 13.8 Å². The first kappa shape index (κ1) is 25.9. The summed E-state index contributed by atoms with van der Waals surface area (Å²) in [5, 5.41) is 0. The van der Waals surface area contributed by atoms with Crippen LogP contribution in [0.15, 0.2) is 0 Å². The first-order chi connectivity index (χ1) is 13.1. The summed E-state index contributed by atoms with van der Waals surface area (Å²) in [7, 11) is 0. The van der Waals surface area contributed by atoms with E-state index < -0.39 is 12.6 Å². The Morgan fingerprint density at radius 1 is 0.630 bits per heavy atom. The molecule has 0 aromatic rings. The first-order valence-electron chi connectivity index (χ1n) is 10.7. The summed E-state index contributed by atoms with van der Waals surface area (Å²) in [5.74, 6) is -0.663. The Morgan fingerprint density at radius 3 is 1.37 bits per heavy atom. The summed E-state index contributed by atoms with van der Waals surface area (Å²) in [5.41, 5.74) is 0. The average molecular weight is 389 g/mol. The molecule has 0 aliphatic carbocycles. The summed E-state index contributed by atoms with van der Waals surface area (Å²) >= 11 is 0. The van der Waals surface area contributed by atoms with Crippen molar-refractivity contribution >= 4 is 11.9 Å². The molecule has 2 unspecified atom stereocenters. The molecule has 2 atom stereocenters. The van der Waals surface area contributed by atoms with Gasteiger partial charge in [-0.15, -0.1) is 0 Å². The number of rotatable bonds is 18. The van der Waals surface area contributed by atoms with Crippen LogP contribution in [-0.4, -0.2) is 37.7 Å². The quantitative estimate of drug-likeness (QED) is 0.184. The van der Waals surface area contributed by atoms with Crippen LogP contribution in [0.2, 0.25) is 0 Å². The fraction of sp³-hybridized carbons (Fsp3) is 0.905. The number of ether oxygens (including phenoxy) is 4. The van der Waals surface area contributed by atoms with Crippen LogP contribution in [0.5, 0.6) is 0 Å². The zero-order chi connectivity index (χ0) is 20.3. The van der Waals surface area contributed by atoms with Gasteiger partial charge in [0, 0.05) is 38.9 Å². The molecule has 0 fully saturated rings. The fourth-order valence-electron chi connectivity index (χ4n) is 2.63. The summed E-state index contributed by atoms with van der Waals surface area (Å²) in [6.07, 6.45) is 7.55. The third-order valence-corrected chi connectivity index (χ3v) is 4.08. The topological polar surface area (TPSA) is 71.1 Å². The molecule has 0 heterocycles. The largest absolute Gasteiger partial charge is 0.436 e. The highest BCUT2D eigenvalue weighted by atomic mass is 16.7. The zero-order valence-electron chi connectivity index (χ0n) is 17.8. The lowest BCUT2D eigenvalue weighted by atomic mass is 10.2. The van der Waals surface area contributed by atoms with Gasteiger partial charge >= 0.3 is 11.9 Å². The molecule has 0 spiro atoms. The molecule has 0 aliphatic rings. The molecule has 0 bridgehead atoms. The molecule has 0 aromatic carbocycles. The molecular weight excluding hydrogens is 348 g/mol. The van der Waals surface area contributed by atoms with Gasteiger partial charge in [-0.3, -0.25) is 9.59 Å². The molecule has 0 aliphatic heterocycles. The van der Waals surface area contributed by atoms with E-state index >= 15 is 0 Å². The van der Waals surface area contributed by atoms with Crippen molar-refractivity contribution < 1.29 is 28.5 Å². The van der Waals surface area contributed by atoms with Gasteiger partial charge in [0.15, 0.2) is 0 Å². The summed E-state index contributed by atoms with van der Waals surface area (Å²) in [4.78, 5) is 23.9. The minimum atomic E-state index is -0.484. The van der Waals surface area contributed by atoms with Crippen LogP contribution >= 0.6 is 0 Å². The van der Waals surface area contributed by atoms with Gasteiger partial charge < -0.3 is 18.9 Å². The molecule has 6 heteroatoms. The van der Waals surface area contributed by atoms with Gasteiger partial charge in [-0.1, -0.05) is 39.5 Å². The van der Waals surface area contributed by atoms with Crippen LogP contribution < -0.4 is 0 Å². The molecule has 0 N–H and O–H groups in total. The molecule has 160 valence electrons. The van der Waals surface area contributed by atoms with Crippen molar-refractivity contribution in [2.75, 3.05) is 13.2 Å². The molecule has 0 saturated carbocycles. The van der Waals surface area contributed by atoms with Gasteiger partial charge in [0.1, 0.15) is 0 Å². The lowest BCUT2D eigenvalue weighted by molar-refractivity contribution is -0.181. The fourth-order valence-corrected chi connectivity index (χ4v) is 2.63. The lowest BCUT2D eigenvalue weighted by Gasteiger charge is -2.18. The number of carbonyl (C=O) groups excluding carboxylic acids is 2. The highest BCUT2D eigenvalue weighted by molar-refractivity contribution is 5.72. The number of esters is 2. The molecular formula is C21H40O6. The highest BCUT2D eigenvalue weighted by Gasteiger charge is 2.17. The Hall–Kier alpha value is -1.14. The Bertz CT molecular complexity index is 338. The van der Waals surface area contributed by atoms with Gasteiger partial charge in [-0.25, -0.2) is 0 Å². The van der Waals surface area contributed by atoms with Gasteiger partial charge in [0.2, 0.25) is 12.6 Å². The minimum absolute atomic E-state index is 0.182. The molecule has 27 heavy (non-hydrogen) atoms. The van der Waals surface area contributed by atoms with Gasteiger partial charge in [0.25, 0.3) is 0 Å². The van der Waals surface area contributed by atoms with E-state index in [-0.39, 0.29) is 24.8 Å². The Balaban J connectivity index is 4.08. The van der Waals surface area contributed by atoms with Gasteiger partial charge in [0.05, 0.1) is 0 Å². The molecule has 0 radical (unpaired) electrons. The molecule has 0 aromatic heterocycles. The number of carbonyl (C=O) groups is 2. The second-order valence-electron chi connectivity index (χ2n) is 6.59. The number of hydrogen-bond donors (Lipinski definition) is 0. The van der Waals surface area contributed by atoms with Crippen molar-refractivity contribution in [3.63, 3.8) is 0 Å². The smallest absolute Gasteiger partial charge is 0.308 e. The van der Waals surface area contributed by atoms with E-state index in [4.69, 9.17) is 18.9 Å². The normalized spacial score (nSPS) is 13.2. The predicted molar refractivity (Wildman–Crippen MR) is 105 cm³/mol. The van der Waals surface area contributed by atoms with E-state index in [0.29, 0.717) is 32.5 Å². The minimum Gasteiger partial charge on any atom is -0.436 e. The average Bonchev–Trinajstić information content (AvgIpc) is 2.62. The van der Waals surface area contributed by atoms with Crippen LogP contribution in [-0.2, 0) is 28.5 Å². The number of unbranched alkanes of at least 4 members (excludes halogenated alkanes) is 4. The molecule has 0 amide bonds. The Morgan fingerprint density at radius 2 is 1.04 bits per heavy atom. The van der Waals surface area contributed by atoms with Crippen LogP contribution in [0.1, 0.15) is 98.3 Å². The van der Waals surface area contributed by atoms with E-state index in [0.717, 1.165) is 38.5 Å². The van der Waals surface area contributed by atoms with Crippen LogP contribution in [0.4, 0.5) is 0 Å². The lowest BCUT2D eigenvalue weighted by Crippen LogP contribution is -2.23. The number of hydrogen-bond acceptors (Lipinski definition) is 6. The maximum Gasteiger partial charge on any atom is 0.308 e. The van der Waals surface area contributed by atoms with Crippen molar-refractivity contribution in [2.45, 2.75) is 111 Å². The van der Waals surface area contributed by atoms with E-state index in [1.165, 1.54) is 0 Å². The Kier molecular flexibility index (Phi) is 17.5. The van der Waals surface area contributed by atoms with Gasteiger partial charge in [-0.2, -0.15) is 0 Å². The maximum absolute atomic E-state index is 12.0. The summed E-state index contributed by atoms with van der Waals surface area (Å²) in [6.45, 7) is 9.03. The van der Waals surface area contributed by atoms with Crippen molar-refractivity contribution in [3.05, 3.63) is 0 Å². The van der Waals surface area contributed by atoms with Crippen LogP contribution in [0, 0.1) is 0 Å². The highest BCUT2D eigenvalue weighted by Crippen LogP contribution is 2.12. The third kappa shape index (κ3) is 15.6. The van der Waals surface area contributed by atoms with Gasteiger partial charge in [-0.05, 0) is 33.1 Å². The van der Waals surface area contributed by atoms with Crippen LogP contribution in [0.3, 0.4) is 0 Å². The van der Waals surface area contributed by atoms with Crippen molar-refractivity contribution in [1.29, 1.82) is 0 Å². The van der Waals surface area contributed by atoms with Crippen molar-refractivity contribution in [1.82, 2.24) is 0 Å². The third-order valence-electron chi connectivity index (χ3n) is 4.08. The van der Waals surface area contributed by atoms with E-state index in [9.17, 15) is 9.59 Å². The monoisotopic (exact) mass is 388 g/mol. The SMILES string of the molecule is CCCCCC(OCC)OC(=O)CCCC(=O)OC(CCCCC)OCC. The predicted octanol–water partition coefficient (Wildman–Crippen LogP) is 5.13. The van der Waals surface area contributed by atoms with Crippen LogP contribution in [0.25, 0.3) is 0 Å². The first-order valence-corrected chi connectivity index (χ1v) is 10.7. The summed E-state index contributed by atoms with van der Waals surface area (Å²) < 4.78 is 21.7.